The second kappa shape index (κ2) is 4.74. The molecule has 4 saturated carbocycles. The first-order chi connectivity index (χ1) is 10.7. The van der Waals surface area contributed by atoms with Gasteiger partial charge in [0.25, 0.3) is 0 Å². The van der Waals surface area contributed by atoms with Crippen molar-refractivity contribution in [3.63, 3.8) is 0 Å². The second-order valence-electron chi connectivity index (χ2n) is 10.3. The highest BCUT2D eigenvalue weighted by atomic mass is 16.3. The van der Waals surface area contributed by atoms with Crippen molar-refractivity contribution in [1.29, 1.82) is 0 Å². The highest BCUT2D eigenvalue weighted by molar-refractivity contribution is 5.18. The van der Waals surface area contributed by atoms with Gasteiger partial charge in [-0.3, -0.25) is 0 Å². The van der Waals surface area contributed by atoms with E-state index in [2.05, 4.69) is 13.8 Å². The summed E-state index contributed by atoms with van der Waals surface area (Å²) in [4.78, 5) is 0. The number of fused-ring (bicyclic) bond motifs is 3. The first-order valence-corrected chi connectivity index (χ1v) is 9.68. The lowest BCUT2D eigenvalue weighted by molar-refractivity contribution is -0.193. The van der Waals surface area contributed by atoms with E-state index in [1.54, 1.807) is 0 Å². The van der Waals surface area contributed by atoms with Crippen molar-refractivity contribution in [1.82, 2.24) is 0 Å². The molecule has 132 valence electrons. The van der Waals surface area contributed by atoms with Crippen LogP contribution in [0.15, 0.2) is 0 Å². The Balaban J connectivity index is 1.77. The molecule has 4 aliphatic carbocycles. The Kier molecular flexibility index (Phi) is 3.37. The van der Waals surface area contributed by atoms with Gasteiger partial charge in [0.15, 0.2) is 0 Å². The van der Waals surface area contributed by atoms with E-state index in [4.69, 9.17) is 0 Å². The quantitative estimate of drug-likeness (QED) is 0.695. The monoisotopic (exact) mass is 322 g/mol. The zero-order valence-electron chi connectivity index (χ0n) is 15.0. The molecule has 3 nitrogen and oxygen atoms in total. The summed E-state index contributed by atoms with van der Waals surface area (Å²) in [7, 11) is 0. The normalized spacial score (nSPS) is 61.8. The molecule has 0 saturated heterocycles. The maximum atomic E-state index is 11.1. The molecule has 3 N–H and O–H groups in total. The van der Waals surface area contributed by atoms with Crippen molar-refractivity contribution in [2.24, 2.45) is 34.0 Å². The van der Waals surface area contributed by atoms with Gasteiger partial charge in [-0.15, -0.1) is 0 Å². The molecule has 8 atom stereocenters. The lowest BCUT2D eigenvalue weighted by Crippen LogP contribution is -2.60. The van der Waals surface area contributed by atoms with Gasteiger partial charge < -0.3 is 15.3 Å². The smallest absolute Gasteiger partial charge is 0.0654 e. The van der Waals surface area contributed by atoms with Crippen molar-refractivity contribution in [3.05, 3.63) is 0 Å². The molecule has 1 spiro atoms. The van der Waals surface area contributed by atoms with Crippen LogP contribution in [-0.2, 0) is 0 Å². The number of aliphatic hydroxyl groups is 3. The lowest BCUT2D eigenvalue weighted by atomic mass is 9.40. The number of aliphatic hydroxyl groups excluding tert-OH is 2. The summed E-state index contributed by atoms with van der Waals surface area (Å²) in [6, 6.07) is 0. The van der Waals surface area contributed by atoms with Crippen LogP contribution in [0.3, 0.4) is 0 Å². The molecule has 0 aliphatic heterocycles. The standard InChI is InChI=1S/C20H34O3/c1-17(12-21)6-4-7-18(2)15(17)5-8-20-10-13(19(3,23)11-20)9-14(22)16(18)20/h13-16,21-23H,4-12H2,1-3H3/t13-,14-,15+,16-,17+,18+,19-,20+/m1/s1. The Labute approximate surface area is 140 Å². The molecule has 23 heavy (non-hydrogen) atoms. The van der Waals surface area contributed by atoms with E-state index in [0.717, 1.165) is 44.9 Å². The molecule has 4 fully saturated rings. The van der Waals surface area contributed by atoms with E-state index >= 15 is 0 Å². The Morgan fingerprint density at radius 3 is 2.52 bits per heavy atom. The minimum absolute atomic E-state index is 0.00625. The van der Waals surface area contributed by atoms with E-state index in [1.165, 1.54) is 6.42 Å². The van der Waals surface area contributed by atoms with Gasteiger partial charge in [0.05, 0.1) is 11.7 Å². The van der Waals surface area contributed by atoms with Crippen molar-refractivity contribution >= 4 is 0 Å². The van der Waals surface area contributed by atoms with Crippen LogP contribution in [-0.4, -0.2) is 33.6 Å². The number of hydrogen-bond acceptors (Lipinski definition) is 3. The molecule has 2 bridgehead atoms. The Hall–Kier alpha value is -0.120. The van der Waals surface area contributed by atoms with Gasteiger partial charge in [0, 0.05) is 6.61 Å². The van der Waals surface area contributed by atoms with Gasteiger partial charge in [-0.25, -0.2) is 0 Å². The summed E-state index contributed by atoms with van der Waals surface area (Å²) in [5.74, 6) is 1.06. The molecular formula is C20H34O3. The molecule has 4 aliphatic rings. The average molecular weight is 322 g/mol. The van der Waals surface area contributed by atoms with Crippen LogP contribution >= 0.6 is 0 Å². The maximum absolute atomic E-state index is 11.1. The fourth-order valence-electron chi connectivity index (χ4n) is 8.22. The zero-order chi connectivity index (χ0) is 16.7. The summed E-state index contributed by atoms with van der Waals surface area (Å²) in [5.41, 5.74) is -0.357. The average Bonchev–Trinajstić information content (AvgIpc) is 2.64. The van der Waals surface area contributed by atoms with E-state index in [0.29, 0.717) is 11.8 Å². The minimum Gasteiger partial charge on any atom is -0.396 e. The fraction of sp³-hybridized carbons (Fsp3) is 1.00. The van der Waals surface area contributed by atoms with Gasteiger partial charge in [-0.2, -0.15) is 0 Å². The lowest BCUT2D eigenvalue weighted by Gasteiger charge is -2.65. The minimum atomic E-state index is -0.603. The van der Waals surface area contributed by atoms with Gasteiger partial charge in [-0.1, -0.05) is 20.3 Å². The summed E-state index contributed by atoms with van der Waals surface area (Å²) < 4.78 is 0. The van der Waals surface area contributed by atoms with Gasteiger partial charge >= 0.3 is 0 Å². The van der Waals surface area contributed by atoms with Crippen LogP contribution in [0.1, 0.15) is 72.1 Å². The molecule has 0 aromatic heterocycles. The number of rotatable bonds is 1. The molecule has 0 aromatic rings. The first kappa shape index (κ1) is 16.4. The van der Waals surface area contributed by atoms with Crippen LogP contribution in [0.4, 0.5) is 0 Å². The molecule has 0 unspecified atom stereocenters. The van der Waals surface area contributed by atoms with Crippen molar-refractivity contribution in [2.45, 2.75) is 83.8 Å². The van der Waals surface area contributed by atoms with Crippen LogP contribution in [0, 0.1) is 34.0 Å². The van der Waals surface area contributed by atoms with Crippen LogP contribution in [0.25, 0.3) is 0 Å². The Morgan fingerprint density at radius 1 is 1.09 bits per heavy atom. The van der Waals surface area contributed by atoms with Crippen LogP contribution < -0.4 is 0 Å². The fourth-order valence-corrected chi connectivity index (χ4v) is 8.22. The van der Waals surface area contributed by atoms with Crippen LogP contribution in [0.2, 0.25) is 0 Å². The highest BCUT2D eigenvalue weighted by Gasteiger charge is 2.68. The maximum Gasteiger partial charge on any atom is 0.0654 e. The van der Waals surface area contributed by atoms with Gasteiger partial charge in [-0.05, 0) is 85.9 Å². The summed E-state index contributed by atoms with van der Waals surface area (Å²) >= 11 is 0. The molecule has 0 heterocycles. The van der Waals surface area contributed by atoms with Crippen LogP contribution in [0.5, 0.6) is 0 Å². The Morgan fingerprint density at radius 2 is 1.83 bits per heavy atom. The highest BCUT2D eigenvalue weighted by Crippen LogP contribution is 2.72. The summed E-state index contributed by atoms with van der Waals surface area (Å²) in [5, 5.41) is 32.1. The third-order valence-electron chi connectivity index (χ3n) is 8.92. The third-order valence-corrected chi connectivity index (χ3v) is 8.92. The topological polar surface area (TPSA) is 60.7 Å². The van der Waals surface area contributed by atoms with E-state index in [-0.39, 0.29) is 34.9 Å². The summed E-state index contributed by atoms with van der Waals surface area (Å²) in [6.45, 7) is 6.92. The van der Waals surface area contributed by atoms with Crippen molar-refractivity contribution in [3.8, 4) is 0 Å². The van der Waals surface area contributed by atoms with Gasteiger partial charge in [0.1, 0.15) is 0 Å². The predicted octanol–water partition coefficient (Wildman–Crippen LogP) is 3.11. The zero-order valence-corrected chi connectivity index (χ0v) is 15.0. The van der Waals surface area contributed by atoms with Crippen molar-refractivity contribution in [2.75, 3.05) is 6.61 Å². The van der Waals surface area contributed by atoms with E-state index in [9.17, 15) is 15.3 Å². The third kappa shape index (κ3) is 1.99. The molecule has 0 aromatic carbocycles. The molecular weight excluding hydrogens is 288 g/mol. The van der Waals surface area contributed by atoms with Crippen molar-refractivity contribution < 1.29 is 15.3 Å². The van der Waals surface area contributed by atoms with Gasteiger partial charge in [0.2, 0.25) is 0 Å². The SMILES string of the molecule is C[C@@]1(CO)CCC[C@@]2(C)[C@H]1CC[C@@]13C[C@@H](C[C@@H](O)[C@@H]12)[C@](C)(O)C3. The Bertz CT molecular complexity index is 503. The second-order valence-corrected chi connectivity index (χ2v) is 10.3. The van der Waals surface area contributed by atoms with E-state index in [1.807, 2.05) is 6.92 Å². The largest absolute Gasteiger partial charge is 0.396 e. The molecule has 0 radical (unpaired) electrons. The van der Waals surface area contributed by atoms with E-state index < -0.39 is 5.60 Å². The number of hydrogen-bond donors (Lipinski definition) is 3. The summed E-state index contributed by atoms with van der Waals surface area (Å²) in [6.07, 6.45) is 8.15. The molecule has 0 amide bonds. The predicted molar refractivity (Wildman–Crippen MR) is 89.8 cm³/mol. The molecule has 3 heteroatoms. The molecule has 4 rings (SSSR count). The first-order valence-electron chi connectivity index (χ1n) is 9.68.